The van der Waals surface area contributed by atoms with Crippen LogP contribution < -0.4 is 0 Å². The van der Waals surface area contributed by atoms with Crippen molar-refractivity contribution in [3.05, 3.63) is 40.6 Å². The van der Waals surface area contributed by atoms with Crippen molar-refractivity contribution in [3.63, 3.8) is 0 Å². The van der Waals surface area contributed by atoms with Gasteiger partial charge in [0.05, 0.1) is 28.2 Å². The lowest BCUT2D eigenvalue weighted by atomic mass is 9.93. The molecule has 2 aromatic rings. The van der Waals surface area contributed by atoms with E-state index in [4.69, 9.17) is 16.4 Å². The van der Waals surface area contributed by atoms with Crippen LogP contribution in [-0.4, -0.2) is 53.0 Å². The smallest absolute Gasteiger partial charge is 0.221 e. The van der Waals surface area contributed by atoms with Gasteiger partial charge < -0.3 is 9.94 Å². The Balaban J connectivity index is 2.15. The number of hydrogen-bond acceptors (Lipinski definition) is 7. The van der Waals surface area contributed by atoms with Gasteiger partial charge in [0.25, 0.3) is 0 Å². The Bertz CT molecular complexity index is 1150. The molecule has 1 atom stereocenters. The van der Waals surface area contributed by atoms with Gasteiger partial charge in [-0.2, -0.15) is 5.10 Å². The van der Waals surface area contributed by atoms with Gasteiger partial charge in [0, 0.05) is 23.8 Å². The highest BCUT2D eigenvalue weighted by atomic mass is 35.5. The largest absolute Gasteiger partial charge is 0.493 e. The van der Waals surface area contributed by atoms with Crippen molar-refractivity contribution in [3.8, 4) is 5.88 Å². The van der Waals surface area contributed by atoms with Gasteiger partial charge in [0.1, 0.15) is 11.7 Å². The molecule has 30 heavy (non-hydrogen) atoms. The fourth-order valence-electron chi connectivity index (χ4n) is 3.40. The van der Waals surface area contributed by atoms with E-state index in [9.17, 15) is 18.3 Å². The maximum Gasteiger partial charge on any atom is 0.221 e. The number of aromatic nitrogens is 2. The van der Waals surface area contributed by atoms with Gasteiger partial charge in [-0.1, -0.05) is 5.16 Å². The highest BCUT2D eigenvalue weighted by Crippen LogP contribution is 2.32. The number of benzene rings is 1. The van der Waals surface area contributed by atoms with Crippen LogP contribution in [0.2, 0.25) is 0 Å². The van der Waals surface area contributed by atoms with Gasteiger partial charge in [-0.05, 0) is 45.4 Å². The summed E-state index contributed by atoms with van der Waals surface area (Å²) < 4.78 is 26.1. The number of sulfone groups is 1. The highest BCUT2D eigenvalue weighted by Gasteiger charge is 2.31. The molecule has 1 aromatic carbocycles. The molecular formula is C20H24ClN3O5S. The number of nitrogens with zero attached hydrogens (tertiary/aromatic N) is 3. The van der Waals surface area contributed by atoms with Crippen LogP contribution in [0.15, 0.2) is 28.4 Å². The zero-order chi connectivity index (χ0) is 22.4. The van der Waals surface area contributed by atoms with Crippen LogP contribution in [0.3, 0.4) is 0 Å². The van der Waals surface area contributed by atoms with E-state index in [1.54, 1.807) is 6.92 Å². The third-order valence-corrected chi connectivity index (χ3v) is 6.37. The number of carbonyl (C=O) groups excluding carboxylic acids is 1. The maximum absolute atomic E-state index is 13.2. The molecule has 1 aromatic heterocycles. The summed E-state index contributed by atoms with van der Waals surface area (Å²) in [4.78, 5) is 18.5. The first kappa shape index (κ1) is 22.3. The third-order valence-electron chi connectivity index (χ3n) is 4.89. The first-order chi connectivity index (χ1) is 13.9. The normalized spacial score (nSPS) is 17.0. The average molecular weight is 454 g/mol. The monoisotopic (exact) mass is 453 g/mol. The SMILES string of the molecule is Cc1c(C(=O)c2cnn(C(C)(C)C)c2O)ccc(S(C)(=O)=O)c1C1=NOC(CCl)C1. The molecule has 1 unspecified atom stereocenters. The topological polar surface area (TPSA) is 111 Å². The van der Waals surface area contributed by atoms with Gasteiger partial charge in [-0.15, -0.1) is 11.6 Å². The summed E-state index contributed by atoms with van der Waals surface area (Å²) in [5.41, 5.74) is 0.951. The second kappa shape index (κ2) is 7.70. The van der Waals surface area contributed by atoms with Crippen molar-refractivity contribution >= 4 is 32.9 Å². The molecule has 1 N–H and O–H groups in total. The summed E-state index contributed by atoms with van der Waals surface area (Å²) >= 11 is 5.84. The van der Waals surface area contributed by atoms with E-state index >= 15 is 0 Å². The summed E-state index contributed by atoms with van der Waals surface area (Å²) in [6, 6.07) is 2.83. The standard InChI is InChI=1S/C20H24ClN3O5S/c1-11-13(18(25)14-10-22-24(19(14)26)20(2,3)4)6-7-16(30(5,27)28)17(11)15-8-12(9-21)29-23-15/h6-7,10,12,26H,8-9H2,1-5H3. The lowest BCUT2D eigenvalue weighted by molar-refractivity contribution is 0.102. The van der Waals surface area contributed by atoms with Crippen molar-refractivity contribution in [2.75, 3.05) is 12.1 Å². The minimum atomic E-state index is -3.59. The molecule has 1 aliphatic rings. The molecule has 0 amide bonds. The molecule has 10 heteroatoms. The molecule has 162 valence electrons. The van der Waals surface area contributed by atoms with Crippen LogP contribution in [0.25, 0.3) is 0 Å². The summed E-state index contributed by atoms with van der Waals surface area (Å²) in [6.07, 6.45) is 2.38. The van der Waals surface area contributed by atoms with Crippen molar-refractivity contribution in [2.45, 2.75) is 50.7 Å². The fraction of sp³-hybridized carbons (Fsp3) is 0.450. The van der Waals surface area contributed by atoms with E-state index in [1.807, 2.05) is 20.8 Å². The maximum atomic E-state index is 13.2. The molecule has 0 fully saturated rings. The number of carbonyl (C=O) groups is 1. The van der Waals surface area contributed by atoms with Gasteiger partial charge in [0.15, 0.2) is 15.6 Å². The molecule has 0 spiro atoms. The van der Waals surface area contributed by atoms with E-state index in [0.29, 0.717) is 23.3 Å². The molecule has 1 aliphatic heterocycles. The van der Waals surface area contributed by atoms with Crippen molar-refractivity contribution in [1.29, 1.82) is 0 Å². The van der Waals surface area contributed by atoms with Crippen LogP contribution >= 0.6 is 11.6 Å². The number of aromatic hydroxyl groups is 1. The Morgan fingerprint density at radius 3 is 2.50 bits per heavy atom. The van der Waals surface area contributed by atoms with E-state index in [1.165, 1.54) is 23.0 Å². The number of alkyl halides is 1. The van der Waals surface area contributed by atoms with Gasteiger partial charge in [-0.3, -0.25) is 4.79 Å². The third kappa shape index (κ3) is 3.96. The number of ketones is 1. The van der Waals surface area contributed by atoms with Crippen LogP contribution in [-0.2, 0) is 20.2 Å². The predicted molar refractivity (Wildman–Crippen MR) is 113 cm³/mol. The van der Waals surface area contributed by atoms with Crippen molar-refractivity contribution in [2.24, 2.45) is 5.16 Å². The van der Waals surface area contributed by atoms with E-state index in [0.717, 1.165) is 6.26 Å². The second-order valence-electron chi connectivity index (χ2n) is 8.30. The Labute approximate surface area is 180 Å². The minimum absolute atomic E-state index is 0.0364. The molecule has 0 saturated heterocycles. The Kier molecular flexibility index (Phi) is 5.72. The van der Waals surface area contributed by atoms with Gasteiger partial charge in [0.2, 0.25) is 5.88 Å². The molecule has 8 nitrogen and oxygen atoms in total. The molecular weight excluding hydrogens is 430 g/mol. The van der Waals surface area contributed by atoms with Gasteiger partial charge >= 0.3 is 0 Å². The highest BCUT2D eigenvalue weighted by molar-refractivity contribution is 7.90. The zero-order valence-corrected chi connectivity index (χ0v) is 19.0. The van der Waals surface area contributed by atoms with E-state index < -0.39 is 21.2 Å². The summed E-state index contributed by atoms with van der Waals surface area (Å²) in [6.45, 7) is 7.20. The first-order valence-corrected chi connectivity index (χ1v) is 11.7. The quantitative estimate of drug-likeness (QED) is 0.550. The number of oxime groups is 1. The average Bonchev–Trinajstić information content (AvgIpc) is 3.26. The van der Waals surface area contributed by atoms with E-state index in [2.05, 4.69) is 10.3 Å². The fourth-order valence-corrected chi connectivity index (χ4v) is 4.52. The molecule has 0 aliphatic carbocycles. The molecule has 0 bridgehead atoms. The van der Waals surface area contributed by atoms with Crippen LogP contribution in [0, 0.1) is 6.92 Å². The summed E-state index contributed by atoms with van der Waals surface area (Å²) in [5.74, 6) is -0.502. The zero-order valence-electron chi connectivity index (χ0n) is 17.4. The molecule has 0 saturated carbocycles. The Hall–Kier alpha value is -2.39. The summed E-state index contributed by atoms with van der Waals surface area (Å²) in [7, 11) is -3.59. The summed E-state index contributed by atoms with van der Waals surface area (Å²) in [5, 5.41) is 18.7. The second-order valence-corrected chi connectivity index (χ2v) is 10.6. The van der Waals surface area contributed by atoms with Crippen LogP contribution in [0.1, 0.15) is 54.2 Å². The lowest BCUT2D eigenvalue weighted by Gasteiger charge is -2.20. The number of halogens is 1. The Morgan fingerprint density at radius 2 is 2.00 bits per heavy atom. The van der Waals surface area contributed by atoms with Gasteiger partial charge in [-0.25, -0.2) is 13.1 Å². The number of hydrogen-bond donors (Lipinski definition) is 1. The van der Waals surface area contributed by atoms with Crippen molar-refractivity contribution in [1.82, 2.24) is 9.78 Å². The van der Waals surface area contributed by atoms with Crippen molar-refractivity contribution < 1.29 is 23.2 Å². The van der Waals surface area contributed by atoms with Crippen LogP contribution in [0.5, 0.6) is 5.88 Å². The predicted octanol–water partition coefficient (Wildman–Crippen LogP) is 3.02. The first-order valence-electron chi connectivity index (χ1n) is 9.31. The lowest BCUT2D eigenvalue weighted by Crippen LogP contribution is -2.22. The molecule has 3 rings (SSSR count). The van der Waals surface area contributed by atoms with Crippen LogP contribution in [0.4, 0.5) is 0 Å². The van der Waals surface area contributed by atoms with E-state index in [-0.39, 0.29) is 33.9 Å². The molecule has 0 radical (unpaired) electrons. The minimum Gasteiger partial charge on any atom is -0.493 e. The molecule has 2 heterocycles. The number of rotatable bonds is 5. The Morgan fingerprint density at radius 1 is 1.33 bits per heavy atom.